The van der Waals surface area contributed by atoms with Crippen molar-refractivity contribution in [2.24, 2.45) is 0 Å². The highest BCUT2D eigenvalue weighted by molar-refractivity contribution is 7.80. The predicted molar refractivity (Wildman–Crippen MR) is 141 cm³/mol. The van der Waals surface area contributed by atoms with Gasteiger partial charge in [0.05, 0.1) is 22.9 Å². The van der Waals surface area contributed by atoms with E-state index in [4.69, 9.17) is 28.6 Å². The van der Waals surface area contributed by atoms with Gasteiger partial charge in [-0.3, -0.25) is 19.8 Å². The molecule has 0 atom stereocenters. The molecule has 10 heteroatoms. The van der Waals surface area contributed by atoms with E-state index < -0.39 is 17.8 Å². The molecule has 0 saturated carbocycles. The molecule has 0 aliphatic carbocycles. The number of carbonyl (C=O) groups is 3. The average molecular weight is 524 g/mol. The first-order valence-electron chi connectivity index (χ1n) is 11.0. The van der Waals surface area contributed by atoms with Crippen molar-refractivity contribution >= 4 is 58.5 Å². The highest BCUT2D eigenvalue weighted by Crippen LogP contribution is 2.29. The number of benzene rings is 2. The third kappa shape index (κ3) is 4.62. The maximum absolute atomic E-state index is 13.4. The van der Waals surface area contributed by atoms with Crippen LogP contribution in [0.2, 0.25) is 5.02 Å². The first-order valence-corrected chi connectivity index (χ1v) is 11.8. The van der Waals surface area contributed by atoms with Crippen molar-refractivity contribution in [3.8, 4) is 11.4 Å². The van der Waals surface area contributed by atoms with Crippen LogP contribution in [0, 0.1) is 13.8 Å². The zero-order valence-electron chi connectivity index (χ0n) is 19.7. The summed E-state index contributed by atoms with van der Waals surface area (Å²) in [6.45, 7) is 5.97. The molecule has 2 heterocycles. The number of carboxylic acids is 1. The molecule has 0 unspecified atom stereocenters. The number of carboxylic acid groups (broad SMARTS) is 1. The average Bonchev–Trinajstić information content (AvgIpc) is 3.10. The molecule has 1 saturated heterocycles. The van der Waals surface area contributed by atoms with Gasteiger partial charge in [-0.1, -0.05) is 17.7 Å². The number of amides is 2. The number of halogens is 1. The molecule has 184 valence electrons. The van der Waals surface area contributed by atoms with Crippen LogP contribution in [0.25, 0.3) is 11.8 Å². The summed E-state index contributed by atoms with van der Waals surface area (Å²) in [6.07, 6.45) is 1.51. The van der Waals surface area contributed by atoms with Crippen molar-refractivity contribution in [2.75, 3.05) is 11.5 Å². The standard InChI is InChI=1S/C26H22ClN3O5S/c1-4-35-19-7-5-6-17(12-19)30-24(32)21(23(31)28-26(30)36)11-16-10-14(2)29(15(16)3)18-8-9-22(27)20(13-18)25(33)34/h5-13H,4H2,1-3H3,(H,33,34)(H,28,31,36)/b21-11+. The number of ether oxygens (including phenoxy) is 1. The van der Waals surface area contributed by atoms with Gasteiger partial charge in [0.25, 0.3) is 11.8 Å². The first kappa shape index (κ1) is 25.2. The lowest BCUT2D eigenvalue weighted by molar-refractivity contribution is -0.122. The van der Waals surface area contributed by atoms with Crippen LogP contribution >= 0.6 is 23.8 Å². The van der Waals surface area contributed by atoms with Gasteiger partial charge in [0.1, 0.15) is 11.3 Å². The highest BCUT2D eigenvalue weighted by Gasteiger charge is 2.35. The Hall–Kier alpha value is -3.95. The quantitative estimate of drug-likeness (QED) is 0.276. The summed E-state index contributed by atoms with van der Waals surface area (Å²) in [7, 11) is 0. The van der Waals surface area contributed by atoms with Gasteiger partial charge in [0, 0.05) is 23.1 Å². The van der Waals surface area contributed by atoms with E-state index in [1.807, 2.05) is 31.4 Å². The van der Waals surface area contributed by atoms with E-state index in [0.717, 1.165) is 5.69 Å². The number of carbonyl (C=O) groups excluding carboxylic acids is 2. The van der Waals surface area contributed by atoms with E-state index in [2.05, 4.69) is 5.32 Å². The molecule has 1 fully saturated rings. The van der Waals surface area contributed by atoms with Crippen molar-refractivity contribution < 1.29 is 24.2 Å². The number of aryl methyl sites for hydroxylation is 1. The Balaban J connectivity index is 1.75. The highest BCUT2D eigenvalue weighted by atomic mass is 35.5. The molecule has 0 spiro atoms. The molecule has 36 heavy (non-hydrogen) atoms. The minimum Gasteiger partial charge on any atom is -0.494 e. The smallest absolute Gasteiger partial charge is 0.337 e. The fraction of sp³-hybridized carbons (Fsp3) is 0.154. The number of nitrogens with one attached hydrogen (secondary N) is 1. The lowest BCUT2D eigenvalue weighted by Crippen LogP contribution is -2.54. The fourth-order valence-electron chi connectivity index (χ4n) is 4.07. The molecule has 2 aromatic carbocycles. The Morgan fingerprint density at radius 1 is 1.14 bits per heavy atom. The van der Waals surface area contributed by atoms with Gasteiger partial charge in [-0.25, -0.2) is 4.79 Å². The second kappa shape index (κ2) is 9.96. The molecule has 0 bridgehead atoms. The number of thiocarbonyl (C=S) groups is 1. The lowest BCUT2D eigenvalue weighted by Gasteiger charge is -2.29. The Bertz CT molecular complexity index is 1460. The second-order valence-electron chi connectivity index (χ2n) is 8.02. The summed E-state index contributed by atoms with van der Waals surface area (Å²) in [4.78, 5) is 39.0. The molecule has 8 nitrogen and oxygen atoms in total. The van der Waals surface area contributed by atoms with Gasteiger partial charge in [-0.05, 0) is 81.0 Å². The molecule has 1 aliphatic heterocycles. The van der Waals surface area contributed by atoms with Gasteiger partial charge in [0.15, 0.2) is 5.11 Å². The molecule has 3 aromatic rings. The van der Waals surface area contributed by atoms with Crippen LogP contribution < -0.4 is 15.0 Å². The largest absolute Gasteiger partial charge is 0.494 e. The Morgan fingerprint density at radius 3 is 2.58 bits per heavy atom. The van der Waals surface area contributed by atoms with E-state index in [0.29, 0.717) is 35.0 Å². The topological polar surface area (TPSA) is 101 Å². The van der Waals surface area contributed by atoms with Crippen LogP contribution in [0.1, 0.15) is 34.2 Å². The van der Waals surface area contributed by atoms with Crippen molar-refractivity contribution in [1.29, 1.82) is 0 Å². The Morgan fingerprint density at radius 2 is 1.89 bits per heavy atom. The summed E-state index contributed by atoms with van der Waals surface area (Å²) in [6, 6.07) is 13.4. The zero-order chi connectivity index (χ0) is 26.1. The van der Waals surface area contributed by atoms with Crippen molar-refractivity contribution in [3.63, 3.8) is 0 Å². The third-order valence-corrected chi connectivity index (χ3v) is 6.31. The molecular weight excluding hydrogens is 502 g/mol. The van der Waals surface area contributed by atoms with Crippen molar-refractivity contribution in [3.05, 3.63) is 81.6 Å². The van der Waals surface area contributed by atoms with Gasteiger partial charge >= 0.3 is 5.97 Å². The number of aromatic nitrogens is 1. The van der Waals surface area contributed by atoms with Crippen LogP contribution in [-0.4, -0.2) is 39.2 Å². The molecule has 2 N–H and O–H groups in total. The zero-order valence-corrected chi connectivity index (χ0v) is 21.2. The number of rotatable bonds is 6. The van der Waals surface area contributed by atoms with Crippen molar-refractivity contribution in [2.45, 2.75) is 20.8 Å². The monoisotopic (exact) mass is 523 g/mol. The Kier molecular flexibility index (Phi) is 6.96. The maximum atomic E-state index is 13.4. The summed E-state index contributed by atoms with van der Waals surface area (Å²) < 4.78 is 7.35. The summed E-state index contributed by atoms with van der Waals surface area (Å²) >= 11 is 11.3. The van der Waals surface area contributed by atoms with E-state index in [-0.39, 0.29) is 21.3 Å². The van der Waals surface area contributed by atoms with Crippen LogP contribution in [0.3, 0.4) is 0 Å². The summed E-state index contributed by atoms with van der Waals surface area (Å²) in [5.41, 5.74) is 3.04. The lowest BCUT2D eigenvalue weighted by atomic mass is 10.1. The summed E-state index contributed by atoms with van der Waals surface area (Å²) in [5, 5.41) is 12.1. The molecule has 1 aromatic heterocycles. The van der Waals surface area contributed by atoms with E-state index >= 15 is 0 Å². The van der Waals surface area contributed by atoms with Gasteiger partial charge < -0.3 is 14.4 Å². The van der Waals surface area contributed by atoms with Crippen LogP contribution in [0.15, 0.2) is 54.1 Å². The SMILES string of the molecule is CCOc1cccc(N2C(=O)/C(=C/c3cc(C)n(-c4ccc(Cl)c(C(=O)O)c4)c3C)C(=O)NC2=S)c1. The second-order valence-corrected chi connectivity index (χ2v) is 8.81. The maximum Gasteiger partial charge on any atom is 0.337 e. The molecule has 0 radical (unpaired) electrons. The number of anilines is 1. The number of aromatic carboxylic acids is 1. The summed E-state index contributed by atoms with van der Waals surface area (Å²) in [5.74, 6) is -1.74. The van der Waals surface area contributed by atoms with Gasteiger partial charge in [0.2, 0.25) is 0 Å². The fourth-order valence-corrected chi connectivity index (χ4v) is 4.55. The van der Waals surface area contributed by atoms with Crippen LogP contribution in [-0.2, 0) is 9.59 Å². The number of nitrogens with zero attached hydrogens (tertiary/aromatic N) is 2. The minimum atomic E-state index is -1.14. The molecule has 4 rings (SSSR count). The van der Waals surface area contributed by atoms with Crippen molar-refractivity contribution in [1.82, 2.24) is 9.88 Å². The van der Waals surface area contributed by atoms with Gasteiger partial charge in [-0.15, -0.1) is 0 Å². The van der Waals surface area contributed by atoms with E-state index in [1.54, 1.807) is 30.3 Å². The van der Waals surface area contributed by atoms with Crippen LogP contribution in [0.4, 0.5) is 5.69 Å². The predicted octanol–water partition coefficient (Wildman–Crippen LogP) is 4.68. The number of hydrogen-bond donors (Lipinski definition) is 2. The first-order chi connectivity index (χ1) is 17.1. The molecule has 1 aliphatic rings. The van der Waals surface area contributed by atoms with E-state index in [1.165, 1.54) is 23.1 Å². The van der Waals surface area contributed by atoms with E-state index in [9.17, 15) is 19.5 Å². The van der Waals surface area contributed by atoms with Crippen LogP contribution in [0.5, 0.6) is 5.75 Å². The number of hydrogen-bond acceptors (Lipinski definition) is 5. The molecule has 2 amide bonds. The molecular formula is C26H22ClN3O5S. The third-order valence-electron chi connectivity index (χ3n) is 5.70. The van der Waals surface area contributed by atoms with Gasteiger partial charge in [-0.2, -0.15) is 0 Å². The minimum absolute atomic E-state index is 0.0244. The Labute approximate surface area is 217 Å². The normalized spacial score (nSPS) is 14.8.